The molecule has 0 amide bonds. The summed E-state index contributed by atoms with van der Waals surface area (Å²) in [5.74, 6) is -2.27. The second-order valence-corrected chi connectivity index (χ2v) is 4.26. The highest BCUT2D eigenvalue weighted by atomic mass is 32.2. The van der Waals surface area contributed by atoms with Crippen LogP contribution in [-0.4, -0.2) is 15.7 Å². The number of rotatable bonds is 2. The number of fused-ring (bicyclic) bond motifs is 1. The Bertz CT molecular complexity index is 457. The highest BCUT2D eigenvalue weighted by Gasteiger charge is 2.11. The van der Waals surface area contributed by atoms with Crippen molar-refractivity contribution in [1.82, 2.24) is 9.97 Å². The molecule has 0 bridgehead atoms. The summed E-state index contributed by atoms with van der Waals surface area (Å²) in [6.07, 6.45) is 0. The number of hydrogen-bond donors (Lipinski definition) is 1. The number of nitrogen functional groups attached to an aromatic ring is 1. The minimum Gasteiger partial charge on any atom is -0.383 e. The van der Waals surface area contributed by atoms with Crippen molar-refractivity contribution in [3.05, 3.63) is 11.4 Å². The number of hydrogen-bond acceptors (Lipinski definition) is 5. The molecule has 0 radical (unpaired) electrons. The summed E-state index contributed by atoms with van der Waals surface area (Å²) >= 11 is 1.66. The molecule has 0 spiro atoms. The van der Waals surface area contributed by atoms with Gasteiger partial charge in [-0.1, -0.05) is 0 Å². The molecule has 0 saturated heterocycles. The highest BCUT2D eigenvalue weighted by Crippen LogP contribution is 2.28. The molecular weight excluding hydrogens is 228 g/mol. The van der Waals surface area contributed by atoms with Gasteiger partial charge in [-0.05, 0) is 23.2 Å². The van der Waals surface area contributed by atoms with E-state index in [2.05, 4.69) is 9.97 Å². The van der Waals surface area contributed by atoms with Crippen LogP contribution in [0.4, 0.5) is 14.6 Å². The van der Waals surface area contributed by atoms with Gasteiger partial charge in [0.2, 0.25) is 0 Å². The maximum Gasteiger partial charge on any atom is 0.291 e. The second-order valence-electron chi connectivity index (χ2n) is 2.41. The third kappa shape index (κ3) is 1.78. The van der Waals surface area contributed by atoms with Gasteiger partial charge in [0.25, 0.3) is 5.76 Å². The predicted octanol–water partition coefficient (Wildman–Crippen LogP) is 2.59. The van der Waals surface area contributed by atoms with E-state index in [-0.39, 0.29) is 11.0 Å². The second kappa shape index (κ2) is 3.66. The molecule has 2 rings (SSSR count). The molecule has 2 aromatic heterocycles. The number of alkyl halides is 2. The number of nitrogens with two attached hydrogens (primary N) is 1. The zero-order valence-electron chi connectivity index (χ0n) is 6.78. The SMILES string of the molecule is Nc1nc(SC(F)F)nc2sccc12. The normalized spacial score (nSPS) is 11.4. The summed E-state index contributed by atoms with van der Waals surface area (Å²) in [6, 6.07) is 1.77. The minimum atomic E-state index is -2.52. The lowest BCUT2D eigenvalue weighted by molar-refractivity contribution is 0.251. The first-order valence-corrected chi connectivity index (χ1v) is 5.38. The minimum absolute atomic E-state index is 0.0208. The molecule has 0 aliphatic carbocycles. The molecule has 2 N–H and O–H groups in total. The van der Waals surface area contributed by atoms with Gasteiger partial charge in [0.05, 0.1) is 5.39 Å². The molecule has 0 aromatic carbocycles. The van der Waals surface area contributed by atoms with Crippen molar-refractivity contribution in [2.75, 3.05) is 5.73 Å². The Kier molecular flexibility index (Phi) is 2.51. The van der Waals surface area contributed by atoms with Crippen LogP contribution < -0.4 is 5.73 Å². The van der Waals surface area contributed by atoms with Crippen molar-refractivity contribution in [1.29, 1.82) is 0 Å². The van der Waals surface area contributed by atoms with Gasteiger partial charge in [0.1, 0.15) is 10.6 Å². The van der Waals surface area contributed by atoms with E-state index in [4.69, 9.17) is 5.73 Å². The van der Waals surface area contributed by atoms with Crippen molar-refractivity contribution >= 4 is 39.1 Å². The Hall–Kier alpha value is -0.950. The van der Waals surface area contributed by atoms with E-state index in [0.29, 0.717) is 22.0 Å². The van der Waals surface area contributed by atoms with Crippen LogP contribution in [0, 0.1) is 0 Å². The summed E-state index contributed by atoms with van der Waals surface area (Å²) in [5.41, 5.74) is 5.57. The number of aromatic nitrogens is 2. The van der Waals surface area contributed by atoms with Gasteiger partial charge in [0.15, 0.2) is 5.16 Å². The van der Waals surface area contributed by atoms with Gasteiger partial charge in [-0.15, -0.1) is 11.3 Å². The lowest BCUT2D eigenvalue weighted by Gasteiger charge is -2.00. The van der Waals surface area contributed by atoms with E-state index in [1.54, 1.807) is 11.4 Å². The molecule has 2 heterocycles. The number of thiophene rings is 1. The summed E-state index contributed by atoms with van der Waals surface area (Å²) in [4.78, 5) is 8.36. The quantitative estimate of drug-likeness (QED) is 0.640. The van der Waals surface area contributed by atoms with Crippen molar-refractivity contribution in [2.24, 2.45) is 0 Å². The van der Waals surface area contributed by atoms with Crippen LogP contribution in [0.15, 0.2) is 16.6 Å². The summed E-state index contributed by atoms with van der Waals surface area (Å²) < 4.78 is 24.0. The fourth-order valence-corrected chi connectivity index (χ4v) is 2.27. The lowest BCUT2D eigenvalue weighted by Crippen LogP contribution is -1.96. The van der Waals surface area contributed by atoms with E-state index in [1.807, 2.05) is 0 Å². The van der Waals surface area contributed by atoms with Gasteiger partial charge in [-0.25, -0.2) is 9.97 Å². The Morgan fingerprint density at radius 3 is 2.93 bits per heavy atom. The smallest absolute Gasteiger partial charge is 0.291 e. The number of halogens is 2. The third-order valence-electron chi connectivity index (χ3n) is 1.53. The first-order chi connectivity index (χ1) is 6.66. The average Bonchev–Trinajstić information content (AvgIpc) is 2.50. The lowest BCUT2D eigenvalue weighted by atomic mass is 10.4. The highest BCUT2D eigenvalue weighted by molar-refractivity contribution is 7.99. The maximum absolute atomic E-state index is 12.0. The number of thioether (sulfide) groups is 1. The monoisotopic (exact) mass is 233 g/mol. The van der Waals surface area contributed by atoms with E-state index >= 15 is 0 Å². The average molecular weight is 233 g/mol. The molecule has 0 unspecified atom stereocenters. The Balaban J connectivity index is 2.47. The standard InChI is InChI=1S/C7H5F2N3S2/c8-6(9)14-7-11-4(10)3-1-2-13-5(3)12-7/h1-2,6H,(H2,10,11,12). The van der Waals surface area contributed by atoms with Crippen molar-refractivity contribution in [3.8, 4) is 0 Å². The Labute approximate surface area is 86.4 Å². The maximum atomic E-state index is 12.0. The number of anilines is 1. The van der Waals surface area contributed by atoms with Crippen LogP contribution in [0.2, 0.25) is 0 Å². The zero-order valence-corrected chi connectivity index (χ0v) is 8.41. The summed E-state index contributed by atoms with van der Waals surface area (Å²) in [7, 11) is 0. The molecule has 7 heteroatoms. The fourth-order valence-electron chi connectivity index (χ4n) is 0.990. The topological polar surface area (TPSA) is 51.8 Å². The third-order valence-corrected chi connectivity index (χ3v) is 2.91. The zero-order chi connectivity index (χ0) is 10.1. The van der Waals surface area contributed by atoms with Crippen LogP contribution in [0.25, 0.3) is 10.2 Å². The van der Waals surface area contributed by atoms with Gasteiger partial charge in [0, 0.05) is 0 Å². The first kappa shape index (κ1) is 9.60. The van der Waals surface area contributed by atoms with Gasteiger partial charge in [-0.3, -0.25) is 0 Å². The van der Waals surface area contributed by atoms with Crippen LogP contribution in [0.1, 0.15) is 0 Å². The van der Waals surface area contributed by atoms with Crippen LogP contribution in [0.3, 0.4) is 0 Å². The van der Waals surface area contributed by atoms with Gasteiger partial charge < -0.3 is 5.73 Å². The van der Waals surface area contributed by atoms with E-state index < -0.39 is 5.76 Å². The molecule has 0 aliphatic heterocycles. The molecule has 0 atom stereocenters. The summed E-state index contributed by atoms with van der Waals surface area (Å²) in [6.45, 7) is 0. The van der Waals surface area contributed by atoms with E-state index in [1.165, 1.54) is 11.3 Å². The Morgan fingerprint density at radius 2 is 2.21 bits per heavy atom. The Morgan fingerprint density at radius 1 is 1.43 bits per heavy atom. The molecule has 2 aromatic rings. The van der Waals surface area contributed by atoms with Crippen molar-refractivity contribution in [3.63, 3.8) is 0 Å². The number of nitrogens with zero attached hydrogens (tertiary/aromatic N) is 2. The molecule has 74 valence electrons. The molecule has 0 fully saturated rings. The fraction of sp³-hybridized carbons (Fsp3) is 0.143. The van der Waals surface area contributed by atoms with Crippen molar-refractivity contribution < 1.29 is 8.78 Å². The summed E-state index contributed by atoms with van der Waals surface area (Å²) in [5, 5.41) is 2.54. The molecule has 3 nitrogen and oxygen atoms in total. The molecule has 0 saturated carbocycles. The van der Waals surface area contributed by atoms with Crippen LogP contribution in [0.5, 0.6) is 0 Å². The van der Waals surface area contributed by atoms with Crippen LogP contribution in [-0.2, 0) is 0 Å². The van der Waals surface area contributed by atoms with E-state index in [0.717, 1.165) is 0 Å². The molecular formula is C7H5F2N3S2. The largest absolute Gasteiger partial charge is 0.383 e. The van der Waals surface area contributed by atoms with Crippen molar-refractivity contribution in [2.45, 2.75) is 10.9 Å². The predicted molar refractivity (Wildman–Crippen MR) is 53.7 cm³/mol. The molecule has 14 heavy (non-hydrogen) atoms. The van der Waals surface area contributed by atoms with Gasteiger partial charge in [-0.2, -0.15) is 8.78 Å². The van der Waals surface area contributed by atoms with Gasteiger partial charge >= 0.3 is 0 Å². The molecule has 0 aliphatic rings. The first-order valence-electron chi connectivity index (χ1n) is 3.62. The van der Waals surface area contributed by atoms with Crippen LogP contribution >= 0.6 is 23.1 Å². The van der Waals surface area contributed by atoms with E-state index in [9.17, 15) is 8.78 Å².